The zero-order chi connectivity index (χ0) is 19.2. The molecule has 0 aliphatic carbocycles. The van der Waals surface area contributed by atoms with Crippen LogP contribution in [0, 0.1) is 10.1 Å². The SMILES string of the molecule is CC(C)(C)OC(=O)Nc1cccc(SCCc2cccc([N+](=O)[O-])c2)c1. The third-order valence-corrected chi connectivity index (χ3v) is 4.26. The van der Waals surface area contributed by atoms with Gasteiger partial charge in [-0.2, -0.15) is 0 Å². The van der Waals surface area contributed by atoms with Gasteiger partial charge in [-0.3, -0.25) is 15.4 Å². The van der Waals surface area contributed by atoms with E-state index in [1.807, 2.05) is 45.0 Å². The van der Waals surface area contributed by atoms with Crippen LogP contribution in [0.15, 0.2) is 53.4 Å². The van der Waals surface area contributed by atoms with Crippen molar-refractivity contribution >= 4 is 29.2 Å². The molecule has 0 spiro atoms. The molecule has 0 fully saturated rings. The van der Waals surface area contributed by atoms with E-state index in [0.717, 1.165) is 22.6 Å². The number of carbonyl (C=O) groups excluding carboxylic acids is 1. The molecule has 0 unspecified atom stereocenters. The standard InChI is InChI=1S/C19H22N2O4S/c1-19(2,3)25-18(22)20-15-7-5-9-17(13-15)26-11-10-14-6-4-8-16(12-14)21(23)24/h4-9,12-13H,10-11H2,1-3H3,(H,20,22). The summed E-state index contributed by atoms with van der Waals surface area (Å²) in [7, 11) is 0. The highest BCUT2D eigenvalue weighted by Gasteiger charge is 2.16. The number of ether oxygens (including phenoxy) is 1. The molecule has 2 aromatic rings. The second-order valence-corrected chi connectivity index (χ2v) is 7.85. The first-order valence-corrected chi connectivity index (χ1v) is 9.18. The van der Waals surface area contributed by atoms with E-state index in [0.29, 0.717) is 5.69 Å². The second-order valence-electron chi connectivity index (χ2n) is 6.68. The van der Waals surface area contributed by atoms with Crippen LogP contribution in [0.5, 0.6) is 0 Å². The maximum atomic E-state index is 11.8. The van der Waals surface area contributed by atoms with Gasteiger partial charge in [0.15, 0.2) is 0 Å². The van der Waals surface area contributed by atoms with Gasteiger partial charge in [-0.05, 0) is 51.0 Å². The Kier molecular flexibility index (Phi) is 6.63. The number of aryl methyl sites for hydroxylation is 1. The van der Waals surface area contributed by atoms with E-state index in [-0.39, 0.29) is 10.6 Å². The number of rotatable bonds is 6. The Morgan fingerprint density at radius 2 is 1.92 bits per heavy atom. The number of nitrogens with one attached hydrogen (secondary N) is 1. The number of anilines is 1. The zero-order valence-corrected chi connectivity index (χ0v) is 15.8. The van der Waals surface area contributed by atoms with Crippen molar-refractivity contribution in [2.24, 2.45) is 0 Å². The van der Waals surface area contributed by atoms with Crippen LogP contribution in [0.2, 0.25) is 0 Å². The Labute approximate surface area is 157 Å². The smallest absolute Gasteiger partial charge is 0.412 e. The third-order valence-electron chi connectivity index (χ3n) is 3.26. The summed E-state index contributed by atoms with van der Waals surface area (Å²) in [5, 5.41) is 13.5. The monoisotopic (exact) mass is 374 g/mol. The first kappa shape index (κ1) is 19.8. The van der Waals surface area contributed by atoms with Crippen LogP contribution < -0.4 is 5.32 Å². The molecule has 1 N–H and O–H groups in total. The van der Waals surface area contributed by atoms with Gasteiger partial charge >= 0.3 is 6.09 Å². The van der Waals surface area contributed by atoms with Crippen molar-refractivity contribution in [3.05, 3.63) is 64.2 Å². The van der Waals surface area contributed by atoms with Crippen LogP contribution in [0.1, 0.15) is 26.3 Å². The predicted molar refractivity (Wildman–Crippen MR) is 104 cm³/mol. The first-order chi connectivity index (χ1) is 12.2. The zero-order valence-electron chi connectivity index (χ0n) is 15.0. The number of carbonyl (C=O) groups is 1. The van der Waals surface area contributed by atoms with Crippen molar-refractivity contribution in [1.29, 1.82) is 0 Å². The molecular weight excluding hydrogens is 352 g/mol. The van der Waals surface area contributed by atoms with Crippen LogP contribution in [-0.4, -0.2) is 22.4 Å². The van der Waals surface area contributed by atoms with Gasteiger partial charge < -0.3 is 4.74 Å². The molecule has 0 atom stereocenters. The molecule has 0 saturated heterocycles. The molecule has 1 amide bonds. The summed E-state index contributed by atoms with van der Waals surface area (Å²) >= 11 is 1.62. The minimum Gasteiger partial charge on any atom is -0.444 e. The molecule has 0 heterocycles. The first-order valence-electron chi connectivity index (χ1n) is 8.19. The van der Waals surface area contributed by atoms with E-state index in [9.17, 15) is 14.9 Å². The van der Waals surface area contributed by atoms with Crippen molar-refractivity contribution in [2.75, 3.05) is 11.1 Å². The minimum atomic E-state index is -0.547. The lowest BCUT2D eigenvalue weighted by molar-refractivity contribution is -0.384. The van der Waals surface area contributed by atoms with E-state index in [1.54, 1.807) is 30.0 Å². The summed E-state index contributed by atoms with van der Waals surface area (Å²) in [5.41, 5.74) is 1.15. The number of nitrogens with zero attached hydrogens (tertiary/aromatic N) is 1. The number of thioether (sulfide) groups is 1. The summed E-state index contributed by atoms with van der Waals surface area (Å²) in [4.78, 5) is 23.3. The van der Waals surface area contributed by atoms with Crippen molar-refractivity contribution in [2.45, 2.75) is 37.7 Å². The van der Waals surface area contributed by atoms with E-state index in [2.05, 4.69) is 5.32 Å². The van der Waals surface area contributed by atoms with Gasteiger partial charge in [-0.15, -0.1) is 11.8 Å². The number of non-ortho nitro benzene ring substituents is 1. The van der Waals surface area contributed by atoms with Gasteiger partial charge in [-0.1, -0.05) is 18.2 Å². The van der Waals surface area contributed by atoms with Crippen LogP contribution in [0.25, 0.3) is 0 Å². The minimum absolute atomic E-state index is 0.107. The molecule has 2 aromatic carbocycles. The third kappa shape index (κ3) is 6.76. The molecule has 0 bridgehead atoms. The molecule has 0 aliphatic rings. The van der Waals surface area contributed by atoms with E-state index in [4.69, 9.17) is 4.74 Å². The number of hydrogen-bond donors (Lipinski definition) is 1. The highest BCUT2D eigenvalue weighted by molar-refractivity contribution is 7.99. The van der Waals surface area contributed by atoms with Crippen LogP contribution in [0.4, 0.5) is 16.2 Å². The average molecular weight is 374 g/mol. The molecule has 2 rings (SSSR count). The van der Waals surface area contributed by atoms with Gasteiger partial charge in [0.1, 0.15) is 5.60 Å². The molecule has 6 nitrogen and oxygen atoms in total. The molecule has 26 heavy (non-hydrogen) atoms. The molecule has 138 valence electrons. The highest BCUT2D eigenvalue weighted by atomic mass is 32.2. The van der Waals surface area contributed by atoms with Gasteiger partial charge in [-0.25, -0.2) is 4.79 Å². The number of hydrogen-bond acceptors (Lipinski definition) is 5. The fourth-order valence-electron chi connectivity index (χ4n) is 2.20. The van der Waals surface area contributed by atoms with Gasteiger partial charge in [0.25, 0.3) is 5.69 Å². The van der Waals surface area contributed by atoms with Crippen LogP contribution in [0.3, 0.4) is 0 Å². The lowest BCUT2D eigenvalue weighted by atomic mass is 10.1. The van der Waals surface area contributed by atoms with Gasteiger partial charge in [0.05, 0.1) is 4.92 Å². The van der Waals surface area contributed by atoms with Crippen molar-refractivity contribution < 1.29 is 14.5 Å². The molecular formula is C19H22N2O4S. The summed E-state index contributed by atoms with van der Waals surface area (Å²) < 4.78 is 5.24. The largest absolute Gasteiger partial charge is 0.444 e. The Bertz CT molecular complexity index is 787. The number of benzene rings is 2. The number of nitro benzene ring substituents is 1. The van der Waals surface area contributed by atoms with Crippen LogP contribution in [-0.2, 0) is 11.2 Å². The van der Waals surface area contributed by atoms with Crippen molar-refractivity contribution in [1.82, 2.24) is 0 Å². The van der Waals surface area contributed by atoms with E-state index >= 15 is 0 Å². The molecule has 7 heteroatoms. The van der Waals surface area contributed by atoms with Crippen molar-refractivity contribution in [3.8, 4) is 0 Å². The molecule has 0 aromatic heterocycles. The summed E-state index contributed by atoms with van der Waals surface area (Å²) in [6, 6.07) is 14.2. The lowest BCUT2D eigenvalue weighted by Crippen LogP contribution is -2.27. The second kappa shape index (κ2) is 8.71. The Hall–Kier alpha value is -2.54. The average Bonchev–Trinajstić information content (AvgIpc) is 2.53. The topological polar surface area (TPSA) is 81.5 Å². The Balaban J connectivity index is 1.89. The quantitative estimate of drug-likeness (QED) is 0.423. The van der Waals surface area contributed by atoms with Gasteiger partial charge in [0.2, 0.25) is 0 Å². The summed E-state index contributed by atoms with van der Waals surface area (Å²) in [6.07, 6.45) is 0.229. The van der Waals surface area contributed by atoms with Crippen LogP contribution >= 0.6 is 11.8 Å². The summed E-state index contributed by atoms with van der Waals surface area (Å²) in [6.45, 7) is 5.44. The maximum absolute atomic E-state index is 11.8. The normalized spacial score (nSPS) is 11.0. The number of amides is 1. The molecule has 0 aliphatic heterocycles. The molecule has 0 radical (unpaired) electrons. The summed E-state index contributed by atoms with van der Waals surface area (Å²) in [5.74, 6) is 0.775. The fourth-order valence-corrected chi connectivity index (χ4v) is 3.16. The highest BCUT2D eigenvalue weighted by Crippen LogP contribution is 2.24. The fraction of sp³-hybridized carbons (Fsp3) is 0.316. The van der Waals surface area contributed by atoms with Gasteiger partial charge in [0, 0.05) is 28.5 Å². The predicted octanol–water partition coefficient (Wildman–Crippen LogP) is 5.28. The number of nitro groups is 1. The molecule has 0 saturated carbocycles. The van der Waals surface area contributed by atoms with E-state index < -0.39 is 11.7 Å². The van der Waals surface area contributed by atoms with E-state index in [1.165, 1.54) is 6.07 Å². The Morgan fingerprint density at radius 3 is 2.62 bits per heavy atom. The maximum Gasteiger partial charge on any atom is 0.412 e. The Morgan fingerprint density at radius 1 is 1.19 bits per heavy atom. The lowest BCUT2D eigenvalue weighted by Gasteiger charge is -2.19. The van der Waals surface area contributed by atoms with Crippen molar-refractivity contribution in [3.63, 3.8) is 0 Å².